The Labute approximate surface area is 123 Å². The number of amides is 1. The first-order valence-corrected chi connectivity index (χ1v) is 6.75. The number of nitrogens with zero attached hydrogens (tertiary/aromatic N) is 4. The van der Waals surface area contributed by atoms with Crippen molar-refractivity contribution in [2.24, 2.45) is 5.92 Å². The van der Waals surface area contributed by atoms with Crippen LogP contribution in [0, 0.1) is 5.92 Å². The summed E-state index contributed by atoms with van der Waals surface area (Å²) in [6.07, 6.45) is 1.25. The second-order valence-corrected chi connectivity index (χ2v) is 6.07. The van der Waals surface area contributed by atoms with Crippen LogP contribution in [-0.4, -0.2) is 57.8 Å². The van der Waals surface area contributed by atoms with Crippen LogP contribution in [-0.2, 0) is 16.0 Å². The normalized spacial score (nSPS) is 15.5. The van der Waals surface area contributed by atoms with Crippen molar-refractivity contribution < 1.29 is 19.1 Å². The minimum atomic E-state index is -0.509. The van der Waals surface area contributed by atoms with Gasteiger partial charge in [0.15, 0.2) is 5.69 Å². The largest absolute Gasteiger partial charge is 0.464 e. The third kappa shape index (κ3) is 3.93. The van der Waals surface area contributed by atoms with Crippen molar-refractivity contribution in [1.29, 1.82) is 0 Å². The van der Waals surface area contributed by atoms with Gasteiger partial charge in [-0.3, -0.25) is 4.68 Å². The maximum Gasteiger partial charge on any atom is 0.410 e. The van der Waals surface area contributed by atoms with E-state index in [1.54, 1.807) is 15.8 Å². The number of carbonyl (C=O) groups is 2. The van der Waals surface area contributed by atoms with Crippen LogP contribution in [0.1, 0.15) is 31.3 Å². The standard InChI is InChI=1S/C13H20N4O4/c1-13(2,3)21-12(19)16-5-9(6-16)7-17-8-10(14-15-17)11(18)20-4/h8-9H,5-7H2,1-4H3. The SMILES string of the molecule is COC(=O)c1cn(CC2CN(C(=O)OC(C)(C)C)C2)nn1. The Kier molecular flexibility index (Phi) is 4.15. The molecule has 2 heterocycles. The minimum absolute atomic E-state index is 0.181. The minimum Gasteiger partial charge on any atom is -0.464 e. The molecule has 1 aromatic rings. The van der Waals surface area contributed by atoms with E-state index in [0.29, 0.717) is 19.6 Å². The molecule has 1 aliphatic heterocycles. The molecule has 0 unspecified atom stereocenters. The number of methoxy groups -OCH3 is 1. The zero-order valence-corrected chi connectivity index (χ0v) is 12.7. The van der Waals surface area contributed by atoms with E-state index in [1.807, 2.05) is 20.8 Å². The molecule has 1 amide bonds. The molecule has 8 heteroatoms. The highest BCUT2D eigenvalue weighted by Crippen LogP contribution is 2.20. The van der Waals surface area contributed by atoms with Gasteiger partial charge in [-0.1, -0.05) is 5.21 Å². The fourth-order valence-electron chi connectivity index (χ4n) is 2.01. The molecule has 0 N–H and O–H groups in total. The summed E-state index contributed by atoms with van der Waals surface area (Å²) in [5.74, 6) is -0.227. The van der Waals surface area contributed by atoms with Gasteiger partial charge in [-0.05, 0) is 20.8 Å². The monoisotopic (exact) mass is 296 g/mol. The quantitative estimate of drug-likeness (QED) is 0.771. The Morgan fingerprint density at radius 1 is 1.38 bits per heavy atom. The Balaban J connectivity index is 1.79. The molecule has 0 spiro atoms. The summed E-state index contributed by atoms with van der Waals surface area (Å²) in [5, 5.41) is 7.60. The number of carbonyl (C=O) groups excluding carboxylic acids is 2. The van der Waals surface area contributed by atoms with Crippen molar-refractivity contribution in [1.82, 2.24) is 19.9 Å². The van der Waals surface area contributed by atoms with E-state index in [9.17, 15) is 9.59 Å². The van der Waals surface area contributed by atoms with Gasteiger partial charge in [0.2, 0.25) is 0 Å². The average molecular weight is 296 g/mol. The van der Waals surface area contributed by atoms with E-state index in [-0.39, 0.29) is 17.7 Å². The number of rotatable bonds is 3. The molecule has 8 nitrogen and oxygen atoms in total. The van der Waals surface area contributed by atoms with Gasteiger partial charge in [-0.2, -0.15) is 0 Å². The summed E-state index contributed by atoms with van der Waals surface area (Å²) in [6, 6.07) is 0. The fourth-order valence-corrected chi connectivity index (χ4v) is 2.01. The van der Waals surface area contributed by atoms with Crippen LogP contribution < -0.4 is 0 Å². The Morgan fingerprint density at radius 2 is 2.05 bits per heavy atom. The fraction of sp³-hybridized carbons (Fsp3) is 0.692. The van der Waals surface area contributed by atoms with Crippen molar-refractivity contribution in [2.75, 3.05) is 20.2 Å². The number of ether oxygens (including phenoxy) is 2. The number of hydrogen-bond acceptors (Lipinski definition) is 6. The van der Waals surface area contributed by atoms with Crippen molar-refractivity contribution >= 4 is 12.1 Å². The van der Waals surface area contributed by atoms with E-state index < -0.39 is 11.6 Å². The summed E-state index contributed by atoms with van der Waals surface area (Å²) < 4.78 is 11.4. The highest BCUT2D eigenvalue weighted by Gasteiger charge is 2.34. The molecular formula is C13H20N4O4. The van der Waals surface area contributed by atoms with E-state index in [2.05, 4.69) is 15.0 Å². The molecule has 116 valence electrons. The van der Waals surface area contributed by atoms with Gasteiger partial charge < -0.3 is 14.4 Å². The second kappa shape index (κ2) is 5.71. The molecule has 1 fully saturated rings. The molecule has 1 aromatic heterocycles. The summed E-state index contributed by atoms with van der Waals surface area (Å²) in [4.78, 5) is 24.7. The van der Waals surface area contributed by atoms with Gasteiger partial charge in [0.25, 0.3) is 0 Å². The lowest BCUT2D eigenvalue weighted by atomic mass is 10.0. The second-order valence-electron chi connectivity index (χ2n) is 6.07. The maximum atomic E-state index is 11.8. The zero-order chi connectivity index (χ0) is 15.6. The first kappa shape index (κ1) is 15.3. The molecular weight excluding hydrogens is 276 g/mol. The predicted octanol–water partition coefficient (Wildman–Crippen LogP) is 0.932. The Bertz CT molecular complexity index is 529. The van der Waals surface area contributed by atoms with Crippen molar-refractivity contribution in [3.05, 3.63) is 11.9 Å². The van der Waals surface area contributed by atoms with Gasteiger partial charge in [-0.15, -0.1) is 5.10 Å². The lowest BCUT2D eigenvalue weighted by Crippen LogP contribution is -2.52. The third-order valence-corrected chi connectivity index (χ3v) is 2.99. The van der Waals surface area contributed by atoms with Gasteiger partial charge in [0.05, 0.1) is 13.3 Å². The van der Waals surface area contributed by atoms with Gasteiger partial charge in [0, 0.05) is 25.6 Å². The van der Waals surface area contributed by atoms with Crippen molar-refractivity contribution in [3.63, 3.8) is 0 Å². The first-order valence-electron chi connectivity index (χ1n) is 6.75. The smallest absolute Gasteiger partial charge is 0.410 e. The number of esters is 1. The summed E-state index contributed by atoms with van der Waals surface area (Å²) >= 11 is 0. The molecule has 0 bridgehead atoms. The van der Waals surface area contributed by atoms with E-state index in [4.69, 9.17) is 4.74 Å². The zero-order valence-electron chi connectivity index (χ0n) is 12.7. The molecule has 0 aliphatic carbocycles. The lowest BCUT2D eigenvalue weighted by Gasteiger charge is -2.39. The Hall–Kier alpha value is -2.12. The highest BCUT2D eigenvalue weighted by molar-refractivity contribution is 5.86. The molecule has 1 saturated heterocycles. The molecule has 2 rings (SSSR count). The van der Waals surface area contributed by atoms with Gasteiger partial charge >= 0.3 is 12.1 Å². The van der Waals surface area contributed by atoms with Crippen molar-refractivity contribution in [3.8, 4) is 0 Å². The molecule has 21 heavy (non-hydrogen) atoms. The number of hydrogen-bond donors (Lipinski definition) is 0. The van der Waals surface area contributed by atoms with Crippen molar-refractivity contribution in [2.45, 2.75) is 32.9 Å². The first-order chi connectivity index (χ1) is 9.78. The molecule has 0 atom stereocenters. The van der Waals surface area contributed by atoms with E-state index in [0.717, 1.165) is 0 Å². The number of likely N-dealkylation sites (tertiary alicyclic amines) is 1. The van der Waals surface area contributed by atoms with Crippen LogP contribution in [0.3, 0.4) is 0 Å². The predicted molar refractivity (Wildman–Crippen MR) is 72.7 cm³/mol. The molecule has 1 aliphatic rings. The van der Waals surface area contributed by atoms with Crippen LogP contribution >= 0.6 is 0 Å². The van der Waals surface area contributed by atoms with Gasteiger partial charge in [-0.25, -0.2) is 9.59 Å². The highest BCUT2D eigenvalue weighted by atomic mass is 16.6. The number of aromatic nitrogens is 3. The molecule has 0 aromatic carbocycles. The Morgan fingerprint density at radius 3 is 2.62 bits per heavy atom. The molecule has 0 saturated carbocycles. The van der Waals surface area contributed by atoms with E-state index >= 15 is 0 Å². The average Bonchev–Trinajstić information content (AvgIpc) is 2.78. The third-order valence-electron chi connectivity index (χ3n) is 2.99. The maximum absolute atomic E-state index is 11.8. The van der Waals surface area contributed by atoms with Crippen LogP contribution in [0.2, 0.25) is 0 Å². The van der Waals surface area contributed by atoms with E-state index in [1.165, 1.54) is 7.11 Å². The van der Waals surface area contributed by atoms with Gasteiger partial charge in [0.1, 0.15) is 5.60 Å². The molecule has 0 radical (unpaired) electrons. The van der Waals surface area contributed by atoms with Crippen LogP contribution in [0.5, 0.6) is 0 Å². The lowest BCUT2D eigenvalue weighted by molar-refractivity contribution is -0.00390. The summed E-state index contributed by atoms with van der Waals surface area (Å²) in [5.41, 5.74) is -0.301. The van der Waals surface area contributed by atoms with Crippen LogP contribution in [0.25, 0.3) is 0 Å². The summed E-state index contributed by atoms with van der Waals surface area (Å²) in [6.45, 7) is 7.34. The summed E-state index contributed by atoms with van der Waals surface area (Å²) in [7, 11) is 1.30. The van der Waals surface area contributed by atoms with Crippen LogP contribution in [0.15, 0.2) is 6.20 Å². The van der Waals surface area contributed by atoms with Crippen LogP contribution in [0.4, 0.5) is 4.79 Å². The topological polar surface area (TPSA) is 86.5 Å².